The number of hydrogen-bond acceptors (Lipinski definition) is 4. The van der Waals surface area contributed by atoms with E-state index in [1.54, 1.807) is 13.8 Å². The normalized spacial score (nSPS) is 10.6. The van der Waals surface area contributed by atoms with Gasteiger partial charge < -0.3 is 9.47 Å². The predicted molar refractivity (Wildman–Crippen MR) is 60.8 cm³/mol. The number of esters is 1. The van der Waals surface area contributed by atoms with E-state index in [-0.39, 0.29) is 24.5 Å². The Morgan fingerprint density at radius 1 is 1.50 bits per heavy atom. The molecule has 0 amide bonds. The Morgan fingerprint density at radius 3 is 2.67 bits per heavy atom. The van der Waals surface area contributed by atoms with Crippen LogP contribution in [0.3, 0.4) is 0 Å². The summed E-state index contributed by atoms with van der Waals surface area (Å²) in [5, 5.41) is 0. The Morgan fingerprint density at radius 2 is 2.17 bits per heavy atom. The van der Waals surface area contributed by atoms with Crippen LogP contribution in [-0.4, -0.2) is 24.7 Å². The molecule has 0 atom stereocenters. The molecule has 0 fully saturated rings. The third kappa shape index (κ3) is 3.38. The summed E-state index contributed by atoms with van der Waals surface area (Å²) < 4.78 is 35.1. The van der Waals surface area contributed by atoms with Crippen LogP contribution < -0.4 is 4.74 Å². The molecule has 0 unspecified atom stereocenters. The van der Waals surface area contributed by atoms with Crippen molar-refractivity contribution in [2.24, 2.45) is 0 Å². The smallest absolute Gasteiger partial charge is 0.310 e. The van der Waals surface area contributed by atoms with Gasteiger partial charge in [-0.2, -0.15) is 0 Å². The van der Waals surface area contributed by atoms with Crippen molar-refractivity contribution >= 4 is 5.97 Å². The van der Waals surface area contributed by atoms with E-state index >= 15 is 0 Å². The van der Waals surface area contributed by atoms with E-state index in [4.69, 9.17) is 9.47 Å². The number of carbonyl (C=O) groups is 1. The van der Waals surface area contributed by atoms with Crippen LogP contribution in [0.2, 0.25) is 0 Å². The van der Waals surface area contributed by atoms with Crippen LogP contribution in [0.25, 0.3) is 0 Å². The van der Waals surface area contributed by atoms with Gasteiger partial charge in [-0.15, -0.1) is 0 Å². The highest BCUT2D eigenvalue weighted by molar-refractivity contribution is 5.73. The number of carbonyl (C=O) groups excluding carboxylic acids is 1. The van der Waals surface area contributed by atoms with E-state index in [0.29, 0.717) is 11.3 Å². The molecule has 1 aromatic heterocycles. The number of ether oxygens (including phenoxy) is 2. The Hall–Kier alpha value is -1.72. The number of rotatable bonds is 5. The van der Waals surface area contributed by atoms with Gasteiger partial charge in [-0.1, -0.05) is 0 Å². The monoisotopic (exact) mass is 259 g/mol. The number of pyridine rings is 1. The first kappa shape index (κ1) is 14.3. The van der Waals surface area contributed by atoms with Gasteiger partial charge in [0, 0.05) is 5.69 Å². The molecule has 0 aliphatic carbocycles. The summed E-state index contributed by atoms with van der Waals surface area (Å²) in [6.45, 7) is 3.57. The molecule has 6 heteroatoms. The lowest BCUT2D eigenvalue weighted by Gasteiger charge is -2.11. The molecule has 0 spiro atoms. The highest BCUT2D eigenvalue weighted by atomic mass is 19.3. The van der Waals surface area contributed by atoms with Gasteiger partial charge in [-0.3, -0.25) is 4.79 Å². The number of aryl methyl sites for hydroxylation is 1. The molecular formula is C12H15F2NO3. The predicted octanol–water partition coefficient (Wildman–Crippen LogP) is 2.44. The van der Waals surface area contributed by atoms with Crippen LogP contribution >= 0.6 is 0 Å². The molecule has 1 heterocycles. The maximum atomic E-state index is 12.8. The second-order valence-corrected chi connectivity index (χ2v) is 3.61. The molecule has 100 valence electrons. The lowest BCUT2D eigenvalue weighted by atomic mass is 10.1. The third-order valence-electron chi connectivity index (χ3n) is 2.38. The van der Waals surface area contributed by atoms with Gasteiger partial charge >= 0.3 is 5.97 Å². The van der Waals surface area contributed by atoms with Crippen molar-refractivity contribution in [3.05, 3.63) is 22.9 Å². The molecule has 0 aliphatic heterocycles. The van der Waals surface area contributed by atoms with E-state index in [9.17, 15) is 13.6 Å². The molecule has 0 radical (unpaired) electrons. The van der Waals surface area contributed by atoms with Crippen molar-refractivity contribution in [2.75, 3.05) is 13.7 Å². The second kappa shape index (κ2) is 6.28. The number of methoxy groups -OCH3 is 1. The maximum Gasteiger partial charge on any atom is 0.310 e. The summed E-state index contributed by atoms with van der Waals surface area (Å²) in [4.78, 5) is 15.2. The summed E-state index contributed by atoms with van der Waals surface area (Å²) in [5.41, 5.74) is 0.580. The SMILES string of the molecule is CCOC(=O)Cc1cc(C(F)F)c(OC)nc1C. The summed E-state index contributed by atoms with van der Waals surface area (Å²) >= 11 is 0. The van der Waals surface area contributed by atoms with Crippen LogP contribution in [0.5, 0.6) is 5.88 Å². The fourth-order valence-electron chi connectivity index (χ4n) is 1.51. The summed E-state index contributed by atoms with van der Waals surface area (Å²) in [5.74, 6) is -0.581. The maximum absolute atomic E-state index is 12.8. The van der Waals surface area contributed by atoms with E-state index in [2.05, 4.69) is 4.98 Å². The number of alkyl halides is 2. The van der Waals surface area contributed by atoms with Crippen molar-refractivity contribution in [3.8, 4) is 5.88 Å². The lowest BCUT2D eigenvalue weighted by Crippen LogP contribution is -2.10. The van der Waals surface area contributed by atoms with E-state index < -0.39 is 12.4 Å². The second-order valence-electron chi connectivity index (χ2n) is 3.61. The molecular weight excluding hydrogens is 244 g/mol. The number of halogens is 2. The fourth-order valence-corrected chi connectivity index (χ4v) is 1.51. The van der Waals surface area contributed by atoms with Crippen molar-refractivity contribution in [1.82, 2.24) is 4.98 Å². The summed E-state index contributed by atoms with van der Waals surface area (Å²) in [6, 6.07) is 1.24. The summed E-state index contributed by atoms with van der Waals surface area (Å²) in [6.07, 6.45) is -2.77. The highest BCUT2D eigenvalue weighted by Crippen LogP contribution is 2.29. The van der Waals surface area contributed by atoms with Gasteiger partial charge in [0.15, 0.2) is 0 Å². The standard InChI is InChI=1S/C12H15F2NO3/c1-4-18-10(16)6-8-5-9(11(13)14)12(17-3)15-7(8)2/h5,11H,4,6H2,1-3H3. The average molecular weight is 259 g/mol. The Labute approximate surface area is 104 Å². The number of aromatic nitrogens is 1. The van der Waals surface area contributed by atoms with Crippen LogP contribution in [0.4, 0.5) is 8.78 Å². The van der Waals surface area contributed by atoms with Gasteiger partial charge in [0.05, 0.1) is 25.7 Å². The van der Waals surface area contributed by atoms with Gasteiger partial charge in [0.1, 0.15) is 0 Å². The summed E-state index contributed by atoms with van der Waals surface area (Å²) in [7, 11) is 1.28. The van der Waals surface area contributed by atoms with E-state index in [1.165, 1.54) is 13.2 Å². The highest BCUT2D eigenvalue weighted by Gasteiger charge is 2.19. The minimum Gasteiger partial charge on any atom is -0.481 e. The van der Waals surface area contributed by atoms with Gasteiger partial charge in [-0.25, -0.2) is 13.8 Å². The zero-order valence-electron chi connectivity index (χ0n) is 10.5. The van der Waals surface area contributed by atoms with Crippen LogP contribution in [0.15, 0.2) is 6.07 Å². The van der Waals surface area contributed by atoms with E-state index in [1.807, 2.05) is 0 Å². The molecule has 0 aromatic carbocycles. The van der Waals surface area contributed by atoms with Crippen LogP contribution in [-0.2, 0) is 16.0 Å². The van der Waals surface area contributed by atoms with Crippen LogP contribution in [0, 0.1) is 6.92 Å². The van der Waals surface area contributed by atoms with Gasteiger partial charge in [-0.05, 0) is 25.5 Å². The molecule has 0 saturated heterocycles. The number of hydrogen-bond donors (Lipinski definition) is 0. The van der Waals surface area contributed by atoms with Crippen molar-refractivity contribution in [2.45, 2.75) is 26.7 Å². The topological polar surface area (TPSA) is 48.4 Å². The first-order chi connectivity index (χ1) is 8.49. The van der Waals surface area contributed by atoms with Crippen molar-refractivity contribution in [1.29, 1.82) is 0 Å². The third-order valence-corrected chi connectivity index (χ3v) is 2.38. The molecule has 0 N–H and O–H groups in total. The Balaban J connectivity index is 3.05. The quantitative estimate of drug-likeness (QED) is 0.762. The molecule has 1 aromatic rings. The van der Waals surface area contributed by atoms with Crippen molar-refractivity contribution in [3.63, 3.8) is 0 Å². The molecule has 4 nitrogen and oxygen atoms in total. The largest absolute Gasteiger partial charge is 0.481 e. The lowest BCUT2D eigenvalue weighted by molar-refractivity contribution is -0.142. The average Bonchev–Trinajstić information content (AvgIpc) is 2.31. The molecule has 0 saturated carbocycles. The molecule has 0 bridgehead atoms. The minimum absolute atomic E-state index is 0.0730. The Kier molecular flexibility index (Phi) is 5.00. The zero-order valence-corrected chi connectivity index (χ0v) is 10.5. The first-order valence-corrected chi connectivity index (χ1v) is 5.47. The minimum atomic E-state index is -2.70. The molecule has 0 aliphatic rings. The zero-order chi connectivity index (χ0) is 13.7. The molecule has 1 rings (SSSR count). The van der Waals surface area contributed by atoms with Gasteiger partial charge in [0.25, 0.3) is 6.43 Å². The van der Waals surface area contributed by atoms with Gasteiger partial charge in [0.2, 0.25) is 5.88 Å². The Bertz CT molecular complexity index is 436. The fraction of sp³-hybridized carbons (Fsp3) is 0.500. The van der Waals surface area contributed by atoms with Crippen molar-refractivity contribution < 1.29 is 23.0 Å². The first-order valence-electron chi connectivity index (χ1n) is 5.47. The molecule has 18 heavy (non-hydrogen) atoms. The van der Waals surface area contributed by atoms with E-state index in [0.717, 1.165) is 0 Å². The van der Waals surface area contributed by atoms with Crippen LogP contribution in [0.1, 0.15) is 30.2 Å². The number of nitrogens with zero attached hydrogens (tertiary/aromatic N) is 1.